The molecular weight excluding hydrogens is 481 g/mol. The second-order valence-corrected chi connectivity index (χ2v) is 6.36. The maximum atomic E-state index is 5.42. The van der Waals surface area contributed by atoms with Gasteiger partial charge in [0.2, 0.25) is 5.75 Å². The van der Waals surface area contributed by atoms with Crippen molar-refractivity contribution in [3.63, 3.8) is 0 Å². The molecule has 0 saturated heterocycles. The van der Waals surface area contributed by atoms with E-state index in [9.17, 15) is 0 Å². The molecule has 6 nitrogen and oxygen atoms in total. The van der Waals surface area contributed by atoms with Crippen LogP contribution in [0.3, 0.4) is 0 Å². The van der Waals surface area contributed by atoms with Gasteiger partial charge < -0.3 is 24.8 Å². The molecule has 1 atom stereocenters. The van der Waals surface area contributed by atoms with Gasteiger partial charge in [-0.15, -0.1) is 24.0 Å². The highest BCUT2D eigenvalue weighted by molar-refractivity contribution is 14.0. The first kappa shape index (κ1) is 24.9. The van der Waals surface area contributed by atoms with Gasteiger partial charge in [0.25, 0.3) is 0 Å². The number of guanidine groups is 1. The number of ether oxygens (including phenoxy) is 3. The third kappa shape index (κ3) is 6.99. The van der Waals surface area contributed by atoms with Gasteiger partial charge in [0.05, 0.1) is 21.3 Å². The summed E-state index contributed by atoms with van der Waals surface area (Å²) in [5.74, 6) is 3.04. The van der Waals surface area contributed by atoms with Gasteiger partial charge in [0, 0.05) is 26.1 Å². The number of benzene rings is 2. The van der Waals surface area contributed by atoms with Crippen LogP contribution in [-0.2, 0) is 6.54 Å². The van der Waals surface area contributed by atoms with Gasteiger partial charge >= 0.3 is 0 Å². The van der Waals surface area contributed by atoms with Crippen molar-refractivity contribution in [1.29, 1.82) is 0 Å². The van der Waals surface area contributed by atoms with E-state index in [2.05, 4.69) is 46.8 Å². The Morgan fingerprint density at radius 1 is 0.966 bits per heavy atom. The largest absolute Gasteiger partial charge is 0.493 e. The number of methoxy groups -OCH3 is 3. The molecule has 2 rings (SSSR count). The van der Waals surface area contributed by atoms with Crippen molar-refractivity contribution in [2.24, 2.45) is 4.99 Å². The average molecular weight is 513 g/mol. The van der Waals surface area contributed by atoms with Crippen LogP contribution >= 0.6 is 24.0 Å². The minimum absolute atomic E-state index is 0. The number of hydrogen-bond donors (Lipinski definition) is 2. The SMILES string of the molecule is CCC(CNC(=NC)NCc1cc(OC)c(OC)c(OC)c1)c1ccccc1.I. The summed E-state index contributed by atoms with van der Waals surface area (Å²) in [5.41, 5.74) is 2.34. The first-order chi connectivity index (χ1) is 13.7. The van der Waals surface area contributed by atoms with Crippen molar-refractivity contribution in [3.8, 4) is 17.2 Å². The molecule has 0 aliphatic carbocycles. The zero-order valence-electron chi connectivity index (χ0n) is 17.8. The molecule has 0 aliphatic heterocycles. The van der Waals surface area contributed by atoms with Crippen molar-refractivity contribution in [3.05, 3.63) is 53.6 Å². The van der Waals surface area contributed by atoms with Crippen LogP contribution in [0, 0.1) is 0 Å². The van der Waals surface area contributed by atoms with Crippen molar-refractivity contribution in [2.75, 3.05) is 34.9 Å². The van der Waals surface area contributed by atoms with Gasteiger partial charge in [-0.1, -0.05) is 37.3 Å². The third-order valence-electron chi connectivity index (χ3n) is 4.69. The highest BCUT2D eigenvalue weighted by Crippen LogP contribution is 2.38. The van der Waals surface area contributed by atoms with E-state index in [1.54, 1.807) is 28.4 Å². The number of rotatable bonds is 9. The summed E-state index contributed by atoms with van der Waals surface area (Å²) in [4.78, 5) is 4.33. The van der Waals surface area contributed by atoms with Crippen LogP contribution in [-0.4, -0.2) is 40.9 Å². The molecule has 0 spiro atoms. The molecule has 0 aromatic heterocycles. The Morgan fingerprint density at radius 2 is 1.59 bits per heavy atom. The Balaban J connectivity index is 0.00000420. The Labute approximate surface area is 191 Å². The number of hydrogen-bond acceptors (Lipinski definition) is 4. The molecule has 2 N–H and O–H groups in total. The monoisotopic (exact) mass is 513 g/mol. The normalized spacial score (nSPS) is 11.8. The van der Waals surface area contributed by atoms with Gasteiger partial charge in [-0.3, -0.25) is 4.99 Å². The minimum Gasteiger partial charge on any atom is -0.493 e. The van der Waals surface area contributed by atoms with Gasteiger partial charge in [0.1, 0.15) is 0 Å². The Bertz CT molecular complexity index is 744. The first-order valence-electron chi connectivity index (χ1n) is 9.45. The van der Waals surface area contributed by atoms with Crippen LogP contribution < -0.4 is 24.8 Å². The van der Waals surface area contributed by atoms with Crippen LogP contribution in [0.2, 0.25) is 0 Å². The van der Waals surface area contributed by atoms with E-state index in [1.165, 1.54) is 5.56 Å². The number of aliphatic imine (C=N–C) groups is 1. The molecule has 0 aliphatic rings. The van der Waals surface area contributed by atoms with Gasteiger partial charge in [-0.05, 0) is 29.7 Å². The number of nitrogens with one attached hydrogen (secondary N) is 2. The molecule has 0 saturated carbocycles. The molecule has 0 bridgehead atoms. The van der Waals surface area contributed by atoms with Crippen molar-refractivity contribution < 1.29 is 14.2 Å². The third-order valence-corrected chi connectivity index (χ3v) is 4.69. The lowest BCUT2D eigenvalue weighted by Gasteiger charge is -2.19. The van der Waals surface area contributed by atoms with E-state index in [1.807, 2.05) is 18.2 Å². The average Bonchev–Trinajstić information content (AvgIpc) is 2.75. The lowest BCUT2D eigenvalue weighted by molar-refractivity contribution is 0.323. The molecule has 2 aromatic carbocycles. The van der Waals surface area contributed by atoms with Crippen molar-refractivity contribution in [2.45, 2.75) is 25.8 Å². The quantitative estimate of drug-likeness (QED) is 0.299. The lowest BCUT2D eigenvalue weighted by atomic mass is 9.97. The minimum atomic E-state index is 0. The summed E-state index contributed by atoms with van der Waals surface area (Å²) in [6.07, 6.45) is 1.06. The second-order valence-electron chi connectivity index (χ2n) is 6.36. The fourth-order valence-electron chi connectivity index (χ4n) is 3.09. The smallest absolute Gasteiger partial charge is 0.203 e. The Hall–Kier alpha value is -2.16. The molecule has 7 heteroatoms. The summed E-state index contributed by atoms with van der Waals surface area (Å²) in [6.45, 7) is 3.60. The topological polar surface area (TPSA) is 64.1 Å². The molecule has 0 heterocycles. The Morgan fingerprint density at radius 3 is 2.07 bits per heavy atom. The maximum absolute atomic E-state index is 5.42. The number of nitrogens with zero attached hydrogens (tertiary/aromatic N) is 1. The zero-order chi connectivity index (χ0) is 20.4. The standard InChI is InChI=1S/C22H31N3O3.HI/c1-6-17(18-10-8-7-9-11-18)15-25-22(23-2)24-14-16-12-19(26-3)21(28-5)20(13-16)27-4;/h7-13,17H,6,14-15H2,1-5H3,(H2,23,24,25);1H. The molecule has 0 radical (unpaired) electrons. The summed E-state index contributed by atoms with van der Waals surface area (Å²) >= 11 is 0. The molecule has 0 fully saturated rings. The van der Waals surface area contributed by atoms with Gasteiger partial charge in [-0.2, -0.15) is 0 Å². The van der Waals surface area contributed by atoms with E-state index in [0.717, 1.165) is 24.5 Å². The molecule has 0 amide bonds. The summed E-state index contributed by atoms with van der Waals surface area (Å²) in [5, 5.41) is 6.76. The van der Waals surface area contributed by atoms with Crippen LogP contribution in [0.5, 0.6) is 17.2 Å². The van der Waals surface area contributed by atoms with E-state index in [-0.39, 0.29) is 24.0 Å². The predicted molar refractivity (Wildman–Crippen MR) is 129 cm³/mol. The predicted octanol–water partition coefficient (Wildman–Crippen LogP) is 4.19. The summed E-state index contributed by atoms with van der Waals surface area (Å²) in [7, 11) is 6.60. The summed E-state index contributed by atoms with van der Waals surface area (Å²) < 4.78 is 16.2. The highest BCUT2D eigenvalue weighted by Gasteiger charge is 2.14. The van der Waals surface area contributed by atoms with Crippen LogP contribution in [0.25, 0.3) is 0 Å². The zero-order valence-corrected chi connectivity index (χ0v) is 20.2. The number of halogens is 1. The van der Waals surface area contributed by atoms with Gasteiger partial charge in [-0.25, -0.2) is 0 Å². The summed E-state index contributed by atoms with van der Waals surface area (Å²) in [6, 6.07) is 14.4. The molecule has 2 aromatic rings. The fraction of sp³-hybridized carbons (Fsp3) is 0.409. The van der Waals surface area contributed by atoms with Crippen LogP contribution in [0.15, 0.2) is 47.5 Å². The van der Waals surface area contributed by atoms with E-state index < -0.39 is 0 Å². The van der Waals surface area contributed by atoms with Gasteiger partial charge in [0.15, 0.2) is 17.5 Å². The van der Waals surface area contributed by atoms with E-state index in [4.69, 9.17) is 14.2 Å². The lowest BCUT2D eigenvalue weighted by Crippen LogP contribution is -2.38. The molecule has 29 heavy (non-hydrogen) atoms. The van der Waals surface area contributed by atoms with E-state index >= 15 is 0 Å². The van der Waals surface area contributed by atoms with Crippen LogP contribution in [0.4, 0.5) is 0 Å². The maximum Gasteiger partial charge on any atom is 0.203 e. The van der Waals surface area contributed by atoms with Crippen molar-refractivity contribution >= 4 is 29.9 Å². The van der Waals surface area contributed by atoms with E-state index in [0.29, 0.717) is 29.7 Å². The highest BCUT2D eigenvalue weighted by atomic mass is 127. The fourth-order valence-corrected chi connectivity index (χ4v) is 3.09. The molecular formula is C22H32IN3O3. The van der Waals surface area contributed by atoms with Crippen LogP contribution in [0.1, 0.15) is 30.4 Å². The molecule has 1 unspecified atom stereocenters. The first-order valence-corrected chi connectivity index (χ1v) is 9.45. The second kappa shape index (κ2) is 13.1. The van der Waals surface area contributed by atoms with Crippen molar-refractivity contribution in [1.82, 2.24) is 10.6 Å². The molecule has 160 valence electrons. The Kier molecular flexibility index (Phi) is 11.3.